The lowest BCUT2D eigenvalue weighted by Crippen LogP contribution is -2.08. The van der Waals surface area contributed by atoms with Crippen LogP contribution in [0, 0.1) is 0 Å². The molecule has 0 aromatic carbocycles. The van der Waals surface area contributed by atoms with E-state index in [-0.39, 0.29) is 12.8 Å². The minimum absolute atomic E-state index is 0.0243. The minimum atomic E-state index is -4.24. The van der Waals surface area contributed by atoms with Crippen LogP contribution >= 0.6 is 0 Å². The Morgan fingerprint density at radius 2 is 2.00 bits per heavy atom. The van der Waals surface area contributed by atoms with Gasteiger partial charge in [-0.2, -0.15) is 13.2 Å². The van der Waals surface area contributed by atoms with Gasteiger partial charge in [-0.15, -0.1) is 0 Å². The number of rotatable bonds is 2. The zero-order valence-corrected chi connectivity index (χ0v) is 5.07. The summed E-state index contributed by atoms with van der Waals surface area (Å²) in [6.07, 6.45) is -3.57. The molecule has 0 aliphatic carbocycles. The lowest BCUT2D eigenvalue weighted by molar-refractivity contribution is -0.0537. The Labute approximate surface area is 51.6 Å². The van der Waals surface area contributed by atoms with Gasteiger partial charge in [0.2, 0.25) is 0 Å². The molecule has 4 heteroatoms. The van der Waals surface area contributed by atoms with Crippen molar-refractivity contribution < 1.29 is 13.2 Å². The Balaban J connectivity index is 3.45. The molecule has 0 radical (unpaired) electrons. The van der Waals surface area contributed by atoms with Crippen molar-refractivity contribution >= 4 is 6.21 Å². The first-order valence-corrected chi connectivity index (χ1v) is 2.64. The second-order valence-corrected chi connectivity index (χ2v) is 1.58. The van der Waals surface area contributed by atoms with Crippen LogP contribution in [0.3, 0.4) is 0 Å². The molecule has 54 valence electrons. The van der Waals surface area contributed by atoms with E-state index in [9.17, 15) is 13.2 Å². The predicted octanol–water partition coefficient (Wildman–Crippen LogP) is 2.03. The quantitative estimate of drug-likeness (QED) is 0.519. The zero-order valence-electron chi connectivity index (χ0n) is 5.07. The zero-order chi connectivity index (χ0) is 7.33. The second-order valence-electron chi connectivity index (χ2n) is 1.58. The van der Waals surface area contributed by atoms with Crippen LogP contribution in [-0.4, -0.2) is 18.9 Å². The summed E-state index contributed by atoms with van der Waals surface area (Å²) in [5, 5.41) is 0. The van der Waals surface area contributed by atoms with Crippen LogP contribution in [0.1, 0.15) is 13.3 Å². The summed E-state index contributed by atoms with van der Waals surface area (Å²) >= 11 is 0. The van der Waals surface area contributed by atoms with Crippen LogP contribution in [0.15, 0.2) is 4.99 Å². The van der Waals surface area contributed by atoms with Gasteiger partial charge in [0.1, 0.15) is 6.21 Å². The third-order valence-corrected chi connectivity index (χ3v) is 0.590. The maximum Gasteiger partial charge on any atom is 0.426 e. The van der Waals surface area contributed by atoms with E-state index in [2.05, 4.69) is 4.99 Å². The topological polar surface area (TPSA) is 12.4 Å². The van der Waals surface area contributed by atoms with Crippen LogP contribution in [-0.2, 0) is 0 Å². The molecular weight excluding hydrogens is 131 g/mol. The Hall–Kier alpha value is -0.540. The van der Waals surface area contributed by atoms with E-state index < -0.39 is 6.18 Å². The van der Waals surface area contributed by atoms with Crippen molar-refractivity contribution in [2.24, 2.45) is 4.99 Å². The van der Waals surface area contributed by atoms with E-state index in [0.29, 0.717) is 6.42 Å². The number of alkyl halides is 3. The SMILES string of the molecule is CCCN=CC(F)(F)F. The van der Waals surface area contributed by atoms with Gasteiger partial charge in [0.15, 0.2) is 0 Å². The van der Waals surface area contributed by atoms with Gasteiger partial charge in [-0.3, -0.25) is 4.99 Å². The Morgan fingerprint density at radius 3 is 2.33 bits per heavy atom. The van der Waals surface area contributed by atoms with Crippen molar-refractivity contribution in [3.8, 4) is 0 Å². The van der Waals surface area contributed by atoms with Crippen LogP contribution in [0.4, 0.5) is 13.2 Å². The molecule has 1 nitrogen and oxygen atoms in total. The van der Waals surface area contributed by atoms with Gasteiger partial charge in [0.05, 0.1) is 0 Å². The maximum atomic E-state index is 11.2. The highest BCUT2D eigenvalue weighted by atomic mass is 19.4. The lowest BCUT2D eigenvalue weighted by Gasteiger charge is -1.94. The largest absolute Gasteiger partial charge is 0.426 e. The molecule has 0 heterocycles. The standard InChI is InChI=1S/C5H8F3N/c1-2-3-9-4-5(6,7)8/h4H,2-3H2,1H3. The third-order valence-electron chi connectivity index (χ3n) is 0.590. The fourth-order valence-corrected chi connectivity index (χ4v) is 0.297. The predicted molar refractivity (Wildman–Crippen MR) is 29.7 cm³/mol. The molecule has 0 saturated heterocycles. The van der Waals surface area contributed by atoms with E-state index in [0.717, 1.165) is 0 Å². The maximum absolute atomic E-state index is 11.2. The molecule has 0 saturated carbocycles. The van der Waals surface area contributed by atoms with Gasteiger partial charge in [0, 0.05) is 6.54 Å². The van der Waals surface area contributed by atoms with Crippen molar-refractivity contribution in [3.63, 3.8) is 0 Å². The smallest absolute Gasteiger partial charge is 0.288 e. The summed E-state index contributed by atoms with van der Waals surface area (Å²) in [6, 6.07) is 0. The molecule has 0 aliphatic heterocycles. The lowest BCUT2D eigenvalue weighted by atomic mass is 10.5. The number of halogens is 3. The molecule has 0 amide bonds. The molecule has 0 rings (SSSR count). The molecule has 0 aliphatic rings. The van der Waals surface area contributed by atoms with E-state index >= 15 is 0 Å². The average Bonchev–Trinajstić information content (AvgIpc) is 1.63. The molecule has 0 unspecified atom stereocenters. The van der Waals surface area contributed by atoms with E-state index in [1.165, 1.54) is 0 Å². The first-order valence-electron chi connectivity index (χ1n) is 2.64. The number of aliphatic imine (C=N–C) groups is 1. The Morgan fingerprint density at radius 1 is 1.44 bits per heavy atom. The van der Waals surface area contributed by atoms with Crippen molar-refractivity contribution in [2.75, 3.05) is 6.54 Å². The van der Waals surface area contributed by atoms with Crippen molar-refractivity contribution in [1.82, 2.24) is 0 Å². The molecular formula is C5H8F3N. The molecule has 0 N–H and O–H groups in total. The fraction of sp³-hybridized carbons (Fsp3) is 0.800. The molecule has 0 aromatic heterocycles. The molecule has 0 spiro atoms. The van der Waals surface area contributed by atoms with E-state index in [1.54, 1.807) is 6.92 Å². The summed E-state index contributed by atoms with van der Waals surface area (Å²) in [5.41, 5.74) is 0. The fourth-order valence-electron chi connectivity index (χ4n) is 0.297. The molecule has 0 bridgehead atoms. The monoisotopic (exact) mass is 139 g/mol. The van der Waals surface area contributed by atoms with Gasteiger partial charge in [-0.25, -0.2) is 0 Å². The van der Waals surface area contributed by atoms with Crippen molar-refractivity contribution in [2.45, 2.75) is 19.5 Å². The van der Waals surface area contributed by atoms with Gasteiger partial charge in [-0.05, 0) is 6.42 Å². The van der Waals surface area contributed by atoms with Crippen LogP contribution in [0.25, 0.3) is 0 Å². The first kappa shape index (κ1) is 8.46. The highest BCUT2D eigenvalue weighted by Crippen LogP contribution is 2.10. The second kappa shape index (κ2) is 3.48. The Kier molecular flexibility index (Phi) is 3.27. The van der Waals surface area contributed by atoms with Crippen LogP contribution in [0.5, 0.6) is 0 Å². The van der Waals surface area contributed by atoms with Gasteiger partial charge in [0.25, 0.3) is 0 Å². The normalized spacial score (nSPS) is 12.9. The summed E-state index contributed by atoms with van der Waals surface area (Å²) < 4.78 is 33.7. The van der Waals surface area contributed by atoms with Gasteiger partial charge >= 0.3 is 6.18 Å². The summed E-state index contributed by atoms with van der Waals surface area (Å²) in [7, 11) is 0. The molecule has 0 atom stereocenters. The summed E-state index contributed by atoms with van der Waals surface area (Å²) in [5.74, 6) is 0. The molecule has 0 fully saturated rings. The highest BCUT2D eigenvalue weighted by Gasteiger charge is 2.22. The number of hydrogen-bond donors (Lipinski definition) is 0. The van der Waals surface area contributed by atoms with Crippen molar-refractivity contribution in [1.29, 1.82) is 0 Å². The third kappa shape index (κ3) is 7.46. The summed E-state index contributed by atoms with van der Waals surface area (Å²) in [4.78, 5) is 3.11. The average molecular weight is 139 g/mol. The Bertz CT molecular complexity index is 94.9. The number of hydrogen-bond acceptors (Lipinski definition) is 1. The van der Waals surface area contributed by atoms with Gasteiger partial charge in [-0.1, -0.05) is 6.92 Å². The number of nitrogens with zero attached hydrogens (tertiary/aromatic N) is 1. The highest BCUT2D eigenvalue weighted by molar-refractivity contribution is 5.63. The van der Waals surface area contributed by atoms with E-state index in [4.69, 9.17) is 0 Å². The van der Waals surface area contributed by atoms with Crippen LogP contribution < -0.4 is 0 Å². The molecule has 9 heavy (non-hydrogen) atoms. The van der Waals surface area contributed by atoms with Crippen LogP contribution in [0.2, 0.25) is 0 Å². The minimum Gasteiger partial charge on any atom is -0.288 e. The molecule has 0 aromatic rings. The van der Waals surface area contributed by atoms with Crippen molar-refractivity contribution in [3.05, 3.63) is 0 Å². The van der Waals surface area contributed by atoms with E-state index in [1.807, 2.05) is 0 Å². The first-order chi connectivity index (χ1) is 4.06. The van der Waals surface area contributed by atoms with Gasteiger partial charge < -0.3 is 0 Å². The summed E-state index contributed by atoms with van der Waals surface area (Å²) in [6.45, 7) is 2.02.